The first kappa shape index (κ1) is 25.4. The highest BCUT2D eigenvalue weighted by Crippen LogP contribution is 2.42. The smallest absolute Gasteiger partial charge is 0.117 e. The maximum absolute atomic E-state index is 12.1. The molecule has 0 radical (unpaired) electrons. The van der Waals surface area contributed by atoms with Gasteiger partial charge in [-0.3, -0.25) is 0 Å². The molecule has 4 aromatic carbocycles. The predicted molar refractivity (Wildman–Crippen MR) is 153 cm³/mol. The Kier molecular flexibility index (Phi) is 8.15. The summed E-state index contributed by atoms with van der Waals surface area (Å²) in [6.07, 6.45) is 4.01. The molecule has 1 aliphatic rings. The Morgan fingerprint density at radius 3 is 1.73 bits per heavy atom. The van der Waals surface area contributed by atoms with Crippen molar-refractivity contribution in [3.63, 3.8) is 0 Å². The summed E-state index contributed by atoms with van der Waals surface area (Å²) < 4.78 is 0. The third kappa shape index (κ3) is 5.86. The van der Waals surface area contributed by atoms with E-state index in [4.69, 9.17) is 5.73 Å². The molecule has 1 heterocycles. The average Bonchev–Trinajstić information content (AvgIpc) is 2.98. The number of nitrogens with two attached hydrogens (primary N) is 1. The number of hydrogen-bond donors (Lipinski definition) is 2. The van der Waals surface area contributed by atoms with Crippen molar-refractivity contribution in [2.75, 3.05) is 19.6 Å². The van der Waals surface area contributed by atoms with Gasteiger partial charge in [0, 0.05) is 6.04 Å². The largest absolute Gasteiger partial charge is 0.380 e. The number of piperidine rings is 1. The Bertz CT molecular complexity index is 1180. The highest BCUT2D eigenvalue weighted by Gasteiger charge is 2.41. The van der Waals surface area contributed by atoms with E-state index in [1.807, 2.05) is 42.5 Å². The Morgan fingerprint density at radius 2 is 1.19 bits per heavy atom. The van der Waals surface area contributed by atoms with Crippen molar-refractivity contribution in [2.45, 2.75) is 37.3 Å². The van der Waals surface area contributed by atoms with Gasteiger partial charge in [0.15, 0.2) is 0 Å². The lowest BCUT2D eigenvalue weighted by Crippen LogP contribution is -2.44. The monoisotopic (exact) mass is 490 g/mol. The van der Waals surface area contributed by atoms with E-state index in [0.29, 0.717) is 0 Å². The molecule has 0 amide bonds. The molecule has 4 aromatic rings. The van der Waals surface area contributed by atoms with Crippen molar-refractivity contribution in [1.82, 2.24) is 4.90 Å². The van der Waals surface area contributed by atoms with Crippen LogP contribution in [0.4, 0.5) is 0 Å². The standard InChI is InChI=1S/C34H38N2O/c35-33(29-20-18-28(19-21-29)27-11-4-1-5-12-27)17-10-24-36-25-22-32(23-26-36)34(37,30-13-6-2-7-14-30)31-15-8-3-9-16-31/h1-9,11-16,18-21,32-33,37H,10,17,22-26,35H2. The first-order valence-electron chi connectivity index (χ1n) is 13.6. The van der Waals surface area contributed by atoms with Crippen molar-refractivity contribution in [3.05, 3.63) is 132 Å². The molecule has 0 spiro atoms. The molecule has 0 bridgehead atoms. The van der Waals surface area contributed by atoms with Gasteiger partial charge in [-0.2, -0.15) is 0 Å². The topological polar surface area (TPSA) is 49.5 Å². The van der Waals surface area contributed by atoms with Crippen LogP contribution >= 0.6 is 0 Å². The molecule has 3 N–H and O–H groups in total. The predicted octanol–water partition coefficient (Wildman–Crippen LogP) is 6.78. The molecule has 0 aliphatic carbocycles. The number of hydrogen-bond acceptors (Lipinski definition) is 3. The third-order valence-electron chi connectivity index (χ3n) is 8.04. The normalized spacial score (nSPS) is 15.9. The molecule has 1 aliphatic heterocycles. The lowest BCUT2D eigenvalue weighted by molar-refractivity contribution is -0.0143. The fourth-order valence-electron chi connectivity index (χ4n) is 5.85. The second-order valence-corrected chi connectivity index (χ2v) is 10.4. The second-order valence-electron chi connectivity index (χ2n) is 10.4. The fraction of sp³-hybridized carbons (Fsp3) is 0.294. The van der Waals surface area contributed by atoms with Crippen LogP contribution < -0.4 is 5.73 Å². The summed E-state index contributed by atoms with van der Waals surface area (Å²) in [6, 6.07) is 39.6. The minimum atomic E-state index is -0.955. The van der Waals surface area contributed by atoms with Gasteiger partial charge in [-0.25, -0.2) is 0 Å². The summed E-state index contributed by atoms with van der Waals surface area (Å²) in [7, 11) is 0. The number of aliphatic hydroxyl groups is 1. The van der Waals surface area contributed by atoms with E-state index in [9.17, 15) is 5.11 Å². The molecule has 0 aromatic heterocycles. The Balaban J connectivity index is 1.14. The molecule has 5 rings (SSSR count). The summed E-state index contributed by atoms with van der Waals surface area (Å²) in [4.78, 5) is 2.54. The van der Waals surface area contributed by atoms with E-state index in [1.54, 1.807) is 0 Å². The SMILES string of the molecule is NC(CCCN1CCC(C(O)(c2ccccc2)c2ccccc2)CC1)c1ccc(-c2ccccc2)cc1. The van der Waals surface area contributed by atoms with Crippen molar-refractivity contribution in [1.29, 1.82) is 0 Å². The maximum Gasteiger partial charge on any atom is 0.117 e. The molecular formula is C34H38N2O. The Hall–Kier alpha value is -3.24. The highest BCUT2D eigenvalue weighted by atomic mass is 16.3. The van der Waals surface area contributed by atoms with Gasteiger partial charge >= 0.3 is 0 Å². The lowest BCUT2D eigenvalue weighted by Gasteiger charge is -2.42. The van der Waals surface area contributed by atoms with Gasteiger partial charge in [0.1, 0.15) is 5.60 Å². The van der Waals surface area contributed by atoms with Gasteiger partial charge in [-0.15, -0.1) is 0 Å². The van der Waals surface area contributed by atoms with Crippen LogP contribution in [-0.2, 0) is 5.60 Å². The molecule has 190 valence electrons. The highest BCUT2D eigenvalue weighted by molar-refractivity contribution is 5.63. The molecule has 1 atom stereocenters. The van der Waals surface area contributed by atoms with Crippen LogP contribution in [0.25, 0.3) is 11.1 Å². The van der Waals surface area contributed by atoms with Crippen LogP contribution in [0.2, 0.25) is 0 Å². The lowest BCUT2D eigenvalue weighted by atomic mass is 9.72. The van der Waals surface area contributed by atoms with Gasteiger partial charge < -0.3 is 15.7 Å². The van der Waals surface area contributed by atoms with Gasteiger partial charge in [0.25, 0.3) is 0 Å². The van der Waals surface area contributed by atoms with Gasteiger partial charge in [0.05, 0.1) is 0 Å². The summed E-state index contributed by atoms with van der Waals surface area (Å²) in [5, 5.41) is 12.1. The van der Waals surface area contributed by atoms with E-state index in [-0.39, 0.29) is 12.0 Å². The molecule has 3 nitrogen and oxygen atoms in total. The second kappa shape index (κ2) is 11.9. The first-order valence-corrected chi connectivity index (χ1v) is 13.6. The number of rotatable bonds is 9. The van der Waals surface area contributed by atoms with Crippen LogP contribution in [0.3, 0.4) is 0 Å². The molecule has 3 heteroatoms. The van der Waals surface area contributed by atoms with Crippen molar-refractivity contribution in [2.24, 2.45) is 11.7 Å². The Labute approximate surface area is 221 Å². The summed E-state index contributed by atoms with van der Waals surface area (Å²) in [5.74, 6) is 0.193. The number of benzene rings is 4. The zero-order valence-corrected chi connectivity index (χ0v) is 21.5. The van der Waals surface area contributed by atoms with Crippen LogP contribution in [0.15, 0.2) is 115 Å². The third-order valence-corrected chi connectivity index (χ3v) is 8.04. The van der Waals surface area contributed by atoms with E-state index < -0.39 is 5.60 Å². The minimum Gasteiger partial charge on any atom is -0.380 e. The Morgan fingerprint density at radius 1 is 0.703 bits per heavy atom. The molecule has 1 saturated heterocycles. The van der Waals surface area contributed by atoms with Gasteiger partial charge in [-0.05, 0) is 79.1 Å². The number of likely N-dealkylation sites (tertiary alicyclic amines) is 1. The summed E-state index contributed by atoms with van der Waals surface area (Å²) in [6.45, 7) is 3.07. The van der Waals surface area contributed by atoms with Crippen LogP contribution in [-0.4, -0.2) is 29.6 Å². The van der Waals surface area contributed by atoms with E-state index in [1.165, 1.54) is 16.7 Å². The van der Waals surface area contributed by atoms with Gasteiger partial charge in [-0.1, -0.05) is 115 Å². The van der Waals surface area contributed by atoms with Crippen molar-refractivity contribution >= 4 is 0 Å². The average molecular weight is 491 g/mol. The summed E-state index contributed by atoms with van der Waals surface area (Å²) >= 11 is 0. The van der Waals surface area contributed by atoms with Crippen molar-refractivity contribution < 1.29 is 5.11 Å². The van der Waals surface area contributed by atoms with Crippen LogP contribution in [0, 0.1) is 5.92 Å². The fourth-order valence-corrected chi connectivity index (χ4v) is 5.85. The van der Waals surface area contributed by atoms with E-state index in [2.05, 4.69) is 77.7 Å². The van der Waals surface area contributed by atoms with Crippen molar-refractivity contribution in [3.8, 4) is 11.1 Å². The first-order chi connectivity index (χ1) is 18.1. The quantitative estimate of drug-likeness (QED) is 0.272. The van der Waals surface area contributed by atoms with Crippen LogP contribution in [0.5, 0.6) is 0 Å². The zero-order valence-electron chi connectivity index (χ0n) is 21.5. The van der Waals surface area contributed by atoms with Crippen LogP contribution in [0.1, 0.15) is 48.4 Å². The molecular weight excluding hydrogens is 452 g/mol. The van der Waals surface area contributed by atoms with E-state index >= 15 is 0 Å². The molecule has 1 unspecified atom stereocenters. The minimum absolute atomic E-state index is 0.0589. The van der Waals surface area contributed by atoms with Gasteiger partial charge in [0.2, 0.25) is 0 Å². The summed E-state index contributed by atoms with van der Waals surface area (Å²) in [5.41, 5.74) is 11.2. The molecule has 1 fully saturated rings. The molecule has 37 heavy (non-hydrogen) atoms. The van der Waals surface area contributed by atoms with E-state index in [0.717, 1.165) is 56.4 Å². The number of nitrogens with zero attached hydrogens (tertiary/aromatic N) is 1. The zero-order chi connectivity index (χ0) is 25.5. The maximum atomic E-state index is 12.1. The molecule has 0 saturated carbocycles.